The molecule has 36 heavy (non-hydrogen) atoms. The van der Waals surface area contributed by atoms with Crippen molar-refractivity contribution in [1.82, 2.24) is 5.01 Å². The quantitative estimate of drug-likeness (QED) is 0.391. The van der Waals surface area contributed by atoms with Crippen molar-refractivity contribution in [2.75, 3.05) is 0 Å². The maximum atomic E-state index is 12.6. The Bertz CT molecular complexity index is 1430. The molecule has 4 rings (SSSR count). The van der Waals surface area contributed by atoms with E-state index in [-0.39, 0.29) is 28.7 Å². The fraction of sp³-hybridized carbons (Fsp3) is 0.192. The molecule has 0 spiro atoms. The van der Waals surface area contributed by atoms with E-state index in [1.54, 1.807) is 18.2 Å². The normalized spacial score (nSPS) is 14.6. The van der Waals surface area contributed by atoms with Crippen LogP contribution in [0.3, 0.4) is 0 Å². The van der Waals surface area contributed by atoms with Crippen molar-refractivity contribution in [3.05, 3.63) is 65.7 Å². The summed E-state index contributed by atoms with van der Waals surface area (Å²) in [6.07, 6.45) is -1.11. The fourth-order valence-corrected chi connectivity index (χ4v) is 3.79. The summed E-state index contributed by atoms with van der Waals surface area (Å²) in [5.74, 6) is -1.79. The van der Waals surface area contributed by atoms with E-state index in [4.69, 9.17) is 18.9 Å². The number of esters is 3. The van der Waals surface area contributed by atoms with E-state index in [1.807, 2.05) is 18.2 Å². The largest absolute Gasteiger partial charge is 0.445 e. The first-order chi connectivity index (χ1) is 17.1. The third kappa shape index (κ3) is 5.02. The maximum Gasteiger partial charge on any atom is 0.308 e. The molecule has 1 atom stereocenters. The van der Waals surface area contributed by atoms with Crippen molar-refractivity contribution >= 4 is 40.5 Å². The van der Waals surface area contributed by atoms with Gasteiger partial charge in [-0.25, -0.2) is 0 Å². The van der Waals surface area contributed by atoms with Crippen LogP contribution in [0.5, 0.6) is 17.2 Å². The Kier molecular flexibility index (Phi) is 6.69. The standard InChI is InChI=1S/C26H22N2O8/c1-14(29)28-26(24-20-8-6-5-7-18(20)9-11-23(24)35-17(4)32)36-25(27-28)21-13-19(33-15(2)30)10-12-22(21)34-16(3)31/h5-13,26H,1-4H3. The van der Waals surface area contributed by atoms with E-state index in [0.717, 1.165) is 10.4 Å². The maximum absolute atomic E-state index is 12.6. The van der Waals surface area contributed by atoms with Gasteiger partial charge in [-0.3, -0.25) is 19.2 Å². The summed E-state index contributed by atoms with van der Waals surface area (Å²) in [6, 6.07) is 15.0. The molecule has 0 saturated carbocycles. The van der Waals surface area contributed by atoms with E-state index < -0.39 is 30.0 Å². The minimum Gasteiger partial charge on any atom is -0.445 e. The van der Waals surface area contributed by atoms with Crippen LogP contribution >= 0.6 is 0 Å². The van der Waals surface area contributed by atoms with Gasteiger partial charge in [0.25, 0.3) is 0 Å². The van der Waals surface area contributed by atoms with Gasteiger partial charge in [-0.05, 0) is 35.0 Å². The van der Waals surface area contributed by atoms with E-state index in [2.05, 4.69) is 5.10 Å². The van der Waals surface area contributed by atoms with Gasteiger partial charge in [0.15, 0.2) is 0 Å². The van der Waals surface area contributed by atoms with Gasteiger partial charge in [-0.2, -0.15) is 5.01 Å². The van der Waals surface area contributed by atoms with E-state index in [9.17, 15) is 19.2 Å². The summed E-state index contributed by atoms with van der Waals surface area (Å²) in [5, 5.41) is 6.93. The molecule has 1 aliphatic heterocycles. The first-order valence-electron chi connectivity index (χ1n) is 10.9. The van der Waals surface area contributed by atoms with Crippen LogP contribution in [0.2, 0.25) is 0 Å². The minimum atomic E-state index is -1.11. The van der Waals surface area contributed by atoms with Gasteiger partial charge >= 0.3 is 17.9 Å². The fourth-order valence-electron chi connectivity index (χ4n) is 3.79. The summed E-state index contributed by atoms with van der Waals surface area (Å²) >= 11 is 0. The van der Waals surface area contributed by atoms with E-state index in [1.165, 1.54) is 45.9 Å². The number of nitrogens with zero attached hydrogens (tertiary/aromatic N) is 2. The van der Waals surface area contributed by atoms with Crippen molar-refractivity contribution in [3.8, 4) is 17.2 Å². The van der Waals surface area contributed by atoms with Gasteiger partial charge in [0, 0.05) is 27.7 Å². The summed E-state index contributed by atoms with van der Waals surface area (Å²) in [7, 11) is 0. The SMILES string of the molecule is CC(=O)Oc1ccc(OC(C)=O)c(C2=NN(C(C)=O)C(c3c(OC(C)=O)ccc4ccccc34)O2)c1. The Morgan fingerprint density at radius 1 is 0.806 bits per heavy atom. The molecule has 0 aromatic heterocycles. The van der Waals surface area contributed by atoms with Crippen LogP contribution in [-0.4, -0.2) is 34.7 Å². The Morgan fingerprint density at radius 2 is 1.44 bits per heavy atom. The molecule has 3 aromatic carbocycles. The molecule has 0 radical (unpaired) electrons. The molecule has 1 unspecified atom stereocenters. The number of ether oxygens (including phenoxy) is 4. The zero-order chi connectivity index (χ0) is 26.0. The Balaban J connectivity index is 1.86. The lowest BCUT2D eigenvalue weighted by Gasteiger charge is -2.23. The molecule has 184 valence electrons. The number of fused-ring (bicyclic) bond motifs is 1. The number of carbonyl (C=O) groups excluding carboxylic acids is 4. The Labute approximate surface area is 206 Å². The van der Waals surface area contributed by atoms with Crippen molar-refractivity contribution in [1.29, 1.82) is 0 Å². The highest BCUT2D eigenvalue weighted by atomic mass is 16.6. The topological polar surface area (TPSA) is 121 Å². The molecule has 1 aliphatic rings. The van der Waals surface area contributed by atoms with Crippen LogP contribution in [0.1, 0.15) is 45.0 Å². The lowest BCUT2D eigenvalue weighted by molar-refractivity contribution is -0.135. The highest BCUT2D eigenvalue weighted by Crippen LogP contribution is 2.41. The second-order valence-corrected chi connectivity index (χ2v) is 7.88. The second kappa shape index (κ2) is 9.87. The minimum absolute atomic E-state index is 0.0674. The van der Waals surface area contributed by atoms with Gasteiger partial charge < -0.3 is 18.9 Å². The highest BCUT2D eigenvalue weighted by Gasteiger charge is 2.37. The summed E-state index contributed by atoms with van der Waals surface area (Å²) in [5.41, 5.74) is 0.578. The Hall–Kier alpha value is -4.73. The van der Waals surface area contributed by atoms with Crippen LogP contribution in [-0.2, 0) is 23.9 Å². The molecular formula is C26H22N2O8. The van der Waals surface area contributed by atoms with Gasteiger partial charge in [-0.1, -0.05) is 30.3 Å². The van der Waals surface area contributed by atoms with Crippen LogP contribution in [0, 0.1) is 0 Å². The number of hydrogen-bond donors (Lipinski definition) is 0. The average molecular weight is 490 g/mol. The molecular weight excluding hydrogens is 468 g/mol. The molecule has 1 heterocycles. The van der Waals surface area contributed by atoms with Crippen molar-refractivity contribution in [2.24, 2.45) is 5.10 Å². The Morgan fingerprint density at radius 3 is 2.11 bits per heavy atom. The molecule has 0 saturated heterocycles. The monoisotopic (exact) mass is 490 g/mol. The molecule has 0 aliphatic carbocycles. The van der Waals surface area contributed by atoms with Crippen LogP contribution < -0.4 is 14.2 Å². The first-order valence-corrected chi connectivity index (χ1v) is 10.9. The van der Waals surface area contributed by atoms with E-state index in [0.29, 0.717) is 10.9 Å². The second-order valence-electron chi connectivity index (χ2n) is 7.88. The molecule has 0 fully saturated rings. The average Bonchev–Trinajstić information content (AvgIpc) is 3.24. The molecule has 0 bridgehead atoms. The van der Waals surface area contributed by atoms with Crippen molar-refractivity contribution in [3.63, 3.8) is 0 Å². The number of benzene rings is 3. The highest BCUT2D eigenvalue weighted by molar-refractivity contribution is 6.00. The molecule has 10 heteroatoms. The lowest BCUT2D eigenvalue weighted by Crippen LogP contribution is -2.26. The van der Waals surface area contributed by atoms with Crippen LogP contribution in [0.15, 0.2) is 59.7 Å². The van der Waals surface area contributed by atoms with Crippen molar-refractivity contribution < 1.29 is 38.1 Å². The lowest BCUT2D eigenvalue weighted by atomic mass is 10.0. The number of amides is 1. The smallest absolute Gasteiger partial charge is 0.308 e. The van der Waals surface area contributed by atoms with Crippen LogP contribution in [0.25, 0.3) is 10.8 Å². The molecule has 10 nitrogen and oxygen atoms in total. The molecule has 1 amide bonds. The predicted molar refractivity (Wildman–Crippen MR) is 127 cm³/mol. The predicted octanol–water partition coefficient (Wildman–Crippen LogP) is 3.85. The number of hydrogen-bond acceptors (Lipinski definition) is 9. The summed E-state index contributed by atoms with van der Waals surface area (Å²) < 4.78 is 22.0. The number of hydrazone groups is 1. The van der Waals surface area contributed by atoms with Gasteiger partial charge in [0.1, 0.15) is 17.2 Å². The van der Waals surface area contributed by atoms with Gasteiger partial charge in [0.2, 0.25) is 18.0 Å². The number of rotatable bonds is 5. The third-order valence-corrected chi connectivity index (χ3v) is 5.09. The summed E-state index contributed by atoms with van der Waals surface area (Å²) in [6.45, 7) is 5.05. The number of carbonyl (C=O) groups is 4. The zero-order valence-corrected chi connectivity index (χ0v) is 19.9. The zero-order valence-electron chi connectivity index (χ0n) is 19.9. The summed E-state index contributed by atoms with van der Waals surface area (Å²) in [4.78, 5) is 47.6. The van der Waals surface area contributed by atoms with Gasteiger partial charge in [0.05, 0.1) is 11.1 Å². The third-order valence-electron chi connectivity index (χ3n) is 5.09. The van der Waals surface area contributed by atoms with Crippen molar-refractivity contribution in [2.45, 2.75) is 33.9 Å². The van der Waals surface area contributed by atoms with E-state index >= 15 is 0 Å². The molecule has 0 N–H and O–H groups in total. The van der Waals surface area contributed by atoms with Crippen LogP contribution in [0.4, 0.5) is 0 Å². The first kappa shape index (κ1) is 24.4. The van der Waals surface area contributed by atoms with Gasteiger partial charge in [-0.15, -0.1) is 5.10 Å². The molecule has 3 aromatic rings.